The van der Waals surface area contributed by atoms with E-state index in [4.69, 9.17) is 16.7 Å². The first-order chi connectivity index (χ1) is 16.9. The number of aromatic nitrogens is 4. The predicted octanol–water partition coefficient (Wildman–Crippen LogP) is 4.76. The van der Waals surface area contributed by atoms with Crippen molar-refractivity contribution in [1.82, 2.24) is 25.3 Å². The summed E-state index contributed by atoms with van der Waals surface area (Å²) >= 11 is 6.07. The van der Waals surface area contributed by atoms with Gasteiger partial charge in [-0.05, 0) is 68.7 Å². The molecule has 1 amide bonds. The first kappa shape index (κ1) is 23.2. The number of hydrogen-bond donors (Lipinski definition) is 1. The SMILES string of the molecule is Cc1nnc(N2CCC[C@H](C(=O)NCc3ccc(F)cc3)C2)c2nn(-c3ccc(Cl)cc3)c(C)c12. The van der Waals surface area contributed by atoms with E-state index in [1.807, 2.05) is 42.8 Å². The highest BCUT2D eigenvalue weighted by molar-refractivity contribution is 6.30. The molecule has 180 valence electrons. The number of fused-ring (bicyclic) bond motifs is 1. The topological polar surface area (TPSA) is 75.9 Å². The van der Waals surface area contributed by atoms with Gasteiger partial charge >= 0.3 is 0 Å². The molecule has 5 rings (SSSR count). The number of nitrogens with zero attached hydrogens (tertiary/aromatic N) is 5. The van der Waals surface area contributed by atoms with Gasteiger partial charge in [-0.25, -0.2) is 9.07 Å². The summed E-state index contributed by atoms with van der Waals surface area (Å²) in [5.74, 6) is 0.208. The minimum Gasteiger partial charge on any atom is -0.352 e. The molecule has 0 bridgehead atoms. The molecule has 2 aromatic carbocycles. The molecule has 0 aliphatic carbocycles. The molecule has 2 aromatic heterocycles. The van der Waals surface area contributed by atoms with Gasteiger partial charge in [0.25, 0.3) is 0 Å². The van der Waals surface area contributed by atoms with Gasteiger partial charge in [-0.2, -0.15) is 10.2 Å². The van der Waals surface area contributed by atoms with Crippen molar-refractivity contribution in [2.45, 2.75) is 33.2 Å². The van der Waals surface area contributed by atoms with Crippen molar-refractivity contribution in [2.24, 2.45) is 5.92 Å². The molecule has 4 aromatic rings. The summed E-state index contributed by atoms with van der Waals surface area (Å²) in [5.41, 5.74) is 4.33. The molecule has 1 saturated heterocycles. The van der Waals surface area contributed by atoms with Gasteiger partial charge in [0, 0.05) is 24.7 Å². The van der Waals surface area contributed by atoms with Crippen molar-refractivity contribution in [1.29, 1.82) is 0 Å². The molecular formula is C26H26ClFN6O. The Balaban J connectivity index is 1.39. The first-order valence-electron chi connectivity index (χ1n) is 11.7. The lowest BCUT2D eigenvalue weighted by Crippen LogP contribution is -2.43. The van der Waals surface area contributed by atoms with Crippen LogP contribution in [0.5, 0.6) is 0 Å². The van der Waals surface area contributed by atoms with Crippen molar-refractivity contribution >= 4 is 34.2 Å². The number of anilines is 1. The van der Waals surface area contributed by atoms with Gasteiger partial charge in [0.15, 0.2) is 5.82 Å². The van der Waals surface area contributed by atoms with E-state index in [-0.39, 0.29) is 17.6 Å². The Kier molecular flexibility index (Phi) is 6.38. The third-order valence-corrected chi connectivity index (χ3v) is 6.78. The number of carbonyl (C=O) groups excluding carboxylic acids is 1. The van der Waals surface area contributed by atoms with Crippen molar-refractivity contribution in [3.8, 4) is 5.69 Å². The Labute approximate surface area is 207 Å². The number of aryl methyl sites for hydroxylation is 2. The molecule has 1 N–H and O–H groups in total. The van der Waals surface area contributed by atoms with E-state index in [0.717, 1.165) is 52.9 Å². The van der Waals surface area contributed by atoms with Gasteiger partial charge in [-0.1, -0.05) is 23.7 Å². The Morgan fingerprint density at radius 2 is 1.86 bits per heavy atom. The van der Waals surface area contributed by atoms with Crippen LogP contribution in [0.2, 0.25) is 5.02 Å². The molecule has 0 spiro atoms. The van der Waals surface area contributed by atoms with E-state index in [2.05, 4.69) is 20.4 Å². The maximum atomic E-state index is 13.1. The minimum absolute atomic E-state index is 0.0155. The lowest BCUT2D eigenvalue weighted by Gasteiger charge is -2.32. The number of piperidine rings is 1. The zero-order chi connectivity index (χ0) is 24.5. The van der Waals surface area contributed by atoms with Crippen molar-refractivity contribution in [3.63, 3.8) is 0 Å². The summed E-state index contributed by atoms with van der Waals surface area (Å²) in [6.45, 7) is 5.64. The third kappa shape index (κ3) is 4.71. The zero-order valence-corrected chi connectivity index (χ0v) is 20.4. The monoisotopic (exact) mass is 492 g/mol. The fourth-order valence-electron chi connectivity index (χ4n) is 4.68. The number of carbonyl (C=O) groups is 1. The molecule has 0 unspecified atom stereocenters. The van der Waals surface area contributed by atoms with Crippen LogP contribution in [0, 0.1) is 25.6 Å². The Bertz CT molecular complexity index is 1370. The number of rotatable bonds is 5. The third-order valence-electron chi connectivity index (χ3n) is 6.53. The van der Waals surface area contributed by atoms with Gasteiger partial charge < -0.3 is 10.2 Å². The van der Waals surface area contributed by atoms with Gasteiger partial charge in [0.1, 0.15) is 11.3 Å². The van der Waals surface area contributed by atoms with Gasteiger partial charge in [-0.3, -0.25) is 4.79 Å². The van der Waals surface area contributed by atoms with Crippen molar-refractivity contribution in [3.05, 3.63) is 76.3 Å². The summed E-state index contributed by atoms with van der Waals surface area (Å²) in [7, 11) is 0. The average molecular weight is 493 g/mol. The van der Waals surface area contributed by atoms with Crippen LogP contribution in [0.25, 0.3) is 16.6 Å². The Morgan fingerprint density at radius 1 is 1.11 bits per heavy atom. The normalized spacial score (nSPS) is 16.0. The number of benzene rings is 2. The van der Waals surface area contributed by atoms with Crippen LogP contribution in [-0.4, -0.2) is 39.0 Å². The van der Waals surface area contributed by atoms with E-state index in [0.29, 0.717) is 23.9 Å². The second kappa shape index (κ2) is 9.62. The number of hydrogen-bond acceptors (Lipinski definition) is 5. The molecule has 1 aliphatic heterocycles. The molecule has 0 saturated carbocycles. The van der Waals surface area contributed by atoms with Crippen LogP contribution in [0.4, 0.5) is 10.2 Å². The van der Waals surface area contributed by atoms with E-state index >= 15 is 0 Å². The quantitative estimate of drug-likeness (QED) is 0.435. The van der Waals surface area contributed by atoms with Gasteiger partial charge in [0.2, 0.25) is 5.91 Å². The summed E-state index contributed by atoms with van der Waals surface area (Å²) < 4.78 is 15.0. The van der Waals surface area contributed by atoms with Gasteiger partial charge in [0.05, 0.1) is 28.4 Å². The molecule has 9 heteroatoms. The summed E-state index contributed by atoms with van der Waals surface area (Å²) in [6.07, 6.45) is 1.66. The molecule has 0 radical (unpaired) electrons. The molecule has 7 nitrogen and oxygen atoms in total. The van der Waals surface area contributed by atoms with E-state index in [1.54, 1.807) is 12.1 Å². The van der Waals surface area contributed by atoms with Crippen LogP contribution < -0.4 is 10.2 Å². The smallest absolute Gasteiger partial charge is 0.225 e. The molecule has 35 heavy (non-hydrogen) atoms. The number of amides is 1. The van der Waals surface area contributed by atoms with Crippen LogP contribution in [-0.2, 0) is 11.3 Å². The fourth-order valence-corrected chi connectivity index (χ4v) is 4.80. The molecule has 1 aliphatic rings. The van der Waals surface area contributed by atoms with Crippen molar-refractivity contribution in [2.75, 3.05) is 18.0 Å². The van der Waals surface area contributed by atoms with Crippen molar-refractivity contribution < 1.29 is 9.18 Å². The maximum absolute atomic E-state index is 13.1. The number of halogens is 2. The number of nitrogens with one attached hydrogen (secondary N) is 1. The second-order valence-corrected chi connectivity index (χ2v) is 9.37. The van der Waals surface area contributed by atoms with Crippen LogP contribution in [0.3, 0.4) is 0 Å². The van der Waals surface area contributed by atoms with Crippen LogP contribution >= 0.6 is 11.6 Å². The maximum Gasteiger partial charge on any atom is 0.225 e. The Morgan fingerprint density at radius 3 is 2.60 bits per heavy atom. The molecule has 1 fully saturated rings. The van der Waals surface area contributed by atoms with Crippen LogP contribution in [0.1, 0.15) is 29.8 Å². The highest BCUT2D eigenvalue weighted by atomic mass is 35.5. The predicted molar refractivity (Wildman–Crippen MR) is 134 cm³/mol. The minimum atomic E-state index is -0.290. The average Bonchev–Trinajstić information content (AvgIpc) is 3.22. The molecule has 1 atom stereocenters. The zero-order valence-electron chi connectivity index (χ0n) is 19.6. The molecular weight excluding hydrogens is 467 g/mol. The first-order valence-corrected chi connectivity index (χ1v) is 12.0. The second-order valence-electron chi connectivity index (χ2n) is 8.94. The van der Waals surface area contributed by atoms with Crippen LogP contribution in [0.15, 0.2) is 48.5 Å². The fraction of sp³-hybridized carbons (Fsp3) is 0.308. The van der Waals surface area contributed by atoms with E-state index in [1.165, 1.54) is 12.1 Å². The summed E-state index contributed by atoms with van der Waals surface area (Å²) in [6, 6.07) is 13.7. The largest absolute Gasteiger partial charge is 0.352 e. The highest BCUT2D eigenvalue weighted by Crippen LogP contribution is 2.31. The molecule has 3 heterocycles. The van der Waals surface area contributed by atoms with E-state index in [9.17, 15) is 9.18 Å². The lowest BCUT2D eigenvalue weighted by atomic mass is 9.97. The van der Waals surface area contributed by atoms with Gasteiger partial charge in [-0.15, -0.1) is 5.10 Å². The highest BCUT2D eigenvalue weighted by Gasteiger charge is 2.29. The Hall–Kier alpha value is -3.52. The standard InChI is InChI=1S/C26H26ClFN6O/c1-16-23-17(2)34(22-11-7-20(27)8-12-22)32-24(23)25(31-30-16)33-13-3-4-19(15-33)26(35)29-14-18-5-9-21(28)10-6-18/h5-12,19H,3-4,13-15H2,1-2H3,(H,29,35)/t19-/m0/s1. The summed E-state index contributed by atoms with van der Waals surface area (Å²) in [4.78, 5) is 15.0. The lowest BCUT2D eigenvalue weighted by molar-refractivity contribution is -0.125. The summed E-state index contributed by atoms with van der Waals surface area (Å²) in [5, 5.41) is 18.4. The van der Waals surface area contributed by atoms with E-state index < -0.39 is 0 Å².